The van der Waals surface area contributed by atoms with Crippen LogP contribution in [0.15, 0.2) is 125 Å². The number of methoxy groups -OCH3 is 1. The first-order valence-electron chi connectivity index (χ1n) is 20.0. The quantitative estimate of drug-likeness (QED) is 0.0390. The normalized spacial score (nSPS) is 13.9. The number of nitro groups is 1. The molecule has 1 aliphatic rings. The van der Waals surface area contributed by atoms with Crippen molar-refractivity contribution < 1.29 is 22.9 Å². The minimum atomic E-state index is -4.54. The molecule has 1 atom stereocenters. The summed E-state index contributed by atoms with van der Waals surface area (Å²) in [5.74, 6) is -0.444. The minimum absolute atomic E-state index is 0.0201. The van der Waals surface area contributed by atoms with Crippen molar-refractivity contribution in [2.45, 2.75) is 28.8 Å². The van der Waals surface area contributed by atoms with Crippen LogP contribution in [0.4, 0.5) is 22.9 Å². The molecular formula is C45H47ClN8O6S2. The summed E-state index contributed by atoms with van der Waals surface area (Å²) >= 11 is 7.99. The second-order valence-corrected chi connectivity index (χ2v) is 18.3. The van der Waals surface area contributed by atoms with Crippen LogP contribution in [0.1, 0.15) is 22.3 Å². The van der Waals surface area contributed by atoms with Crippen molar-refractivity contribution in [2.75, 3.05) is 74.6 Å². The fraction of sp³-hybridized carbons (Fsp3) is 0.267. The molecule has 2 heterocycles. The highest BCUT2D eigenvalue weighted by Crippen LogP contribution is 2.36. The number of nitrogens with zero attached hydrogens (tertiary/aromatic N) is 6. The van der Waals surface area contributed by atoms with Crippen LogP contribution in [0.2, 0.25) is 5.02 Å². The highest BCUT2D eigenvalue weighted by atomic mass is 35.5. The summed E-state index contributed by atoms with van der Waals surface area (Å²) in [6, 6.07) is 33.2. The van der Waals surface area contributed by atoms with Gasteiger partial charge in [-0.05, 0) is 92.3 Å². The zero-order valence-corrected chi connectivity index (χ0v) is 36.9. The van der Waals surface area contributed by atoms with Gasteiger partial charge in [-0.1, -0.05) is 66.2 Å². The van der Waals surface area contributed by atoms with E-state index in [9.17, 15) is 23.3 Å². The third-order valence-electron chi connectivity index (χ3n) is 10.6. The number of aromatic nitrogens is 2. The molecule has 1 aliphatic heterocycles. The summed E-state index contributed by atoms with van der Waals surface area (Å²) in [6.45, 7) is 4.53. The van der Waals surface area contributed by atoms with E-state index in [2.05, 4.69) is 48.0 Å². The number of ether oxygens (including phenoxy) is 1. The van der Waals surface area contributed by atoms with E-state index in [1.807, 2.05) is 91.8 Å². The molecule has 14 nitrogen and oxygen atoms in total. The number of anilines is 3. The first-order chi connectivity index (χ1) is 29.9. The van der Waals surface area contributed by atoms with E-state index < -0.39 is 31.5 Å². The average molecular weight is 896 g/mol. The second kappa shape index (κ2) is 19.9. The van der Waals surface area contributed by atoms with Gasteiger partial charge in [0, 0.05) is 71.6 Å². The molecule has 0 aliphatic carbocycles. The van der Waals surface area contributed by atoms with Gasteiger partial charge in [-0.3, -0.25) is 19.7 Å². The van der Waals surface area contributed by atoms with E-state index in [4.69, 9.17) is 16.3 Å². The molecule has 62 heavy (non-hydrogen) atoms. The Balaban J connectivity index is 1.09. The predicted octanol–water partition coefficient (Wildman–Crippen LogP) is 8.29. The molecule has 7 rings (SSSR count). The Kier molecular flexibility index (Phi) is 14.2. The first kappa shape index (κ1) is 44.3. The lowest BCUT2D eigenvalue weighted by Gasteiger charge is -2.36. The zero-order chi connectivity index (χ0) is 43.8. The fourth-order valence-electron chi connectivity index (χ4n) is 7.36. The summed E-state index contributed by atoms with van der Waals surface area (Å²) in [5, 5.41) is 17.0. The first-order valence-corrected chi connectivity index (χ1v) is 22.8. The second-order valence-electron chi connectivity index (χ2n) is 15.1. The molecule has 322 valence electrons. The van der Waals surface area contributed by atoms with Crippen LogP contribution in [0, 0.1) is 10.1 Å². The molecule has 5 aromatic carbocycles. The number of nitrogens with one attached hydrogen (secondary N) is 2. The molecular weight excluding hydrogens is 848 g/mol. The van der Waals surface area contributed by atoms with Crippen LogP contribution in [0.5, 0.6) is 0 Å². The van der Waals surface area contributed by atoms with Crippen molar-refractivity contribution in [3.63, 3.8) is 0 Å². The number of hydrogen-bond donors (Lipinski definition) is 2. The molecule has 2 N–H and O–H groups in total. The maximum absolute atomic E-state index is 14.1. The molecule has 1 aromatic heterocycles. The van der Waals surface area contributed by atoms with Crippen LogP contribution >= 0.6 is 23.4 Å². The van der Waals surface area contributed by atoms with Gasteiger partial charge in [-0.25, -0.2) is 23.2 Å². The van der Waals surface area contributed by atoms with Gasteiger partial charge < -0.3 is 19.9 Å². The lowest BCUT2D eigenvalue weighted by atomic mass is 9.99. The topological polar surface area (TPSA) is 163 Å². The zero-order valence-electron chi connectivity index (χ0n) is 34.5. The Morgan fingerprint density at radius 3 is 2.37 bits per heavy atom. The van der Waals surface area contributed by atoms with E-state index in [0.717, 1.165) is 79.2 Å². The minimum Gasteiger partial charge on any atom is -0.465 e. The number of piperazine rings is 1. The maximum Gasteiger partial charge on any atom is 0.340 e. The molecule has 17 heteroatoms. The lowest BCUT2D eigenvalue weighted by Crippen LogP contribution is -2.46. The fourth-order valence-corrected chi connectivity index (χ4v) is 9.62. The molecule has 1 unspecified atom stereocenters. The molecule has 0 radical (unpaired) electrons. The smallest absolute Gasteiger partial charge is 0.340 e. The van der Waals surface area contributed by atoms with Gasteiger partial charge >= 0.3 is 5.97 Å². The summed E-state index contributed by atoms with van der Waals surface area (Å²) < 4.78 is 35.6. The number of sulfonamides is 1. The molecule has 0 amide bonds. The summed E-state index contributed by atoms with van der Waals surface area (Å²) in [5.41, 5.74) is 3.88. The van der Waals surface area contributed by atoms with Gasteiger partial charge in [0.15, 0.2) is 5.82 Å². The number of halogens is 1. The van der Waals surface area contributed by atoms with Gasteiger partial charge in [0.1, 0.15) is 12.0 Å². The molecule has 1 fully saturated rings. The Labute approximate surface area is 370 Å². The third-order valence-corrected chi connectivity index (χ3v) is 13.3. The summed E-state index contributed by atoms with van der Waals surface area (Å²) in [6.07, 6.45) is 1.83. The lowest BCUT2D eigenvalue weighted by molar-refractivity contribution is -0.384. The monoisotopic (exact) mass is 894 g/mol. The number of carbonyl (C=O) groups is 1. The Morgan fingerprint density at radius 2 is 1.68 bits per heavy atom. The van der Waals surface area contributed by atoms with Crippen molar-refractivity contribution in [1.82, 2.24) is 19.8 Å². The van der Waals surface area contributed by atoms with Crippen molar-refractivity contribution in [1.29, 1.82) is 0 Å². The highest BCUT2D eigenvalue weighted by molar-refractivity contribution is 7.99. The van der Waals surface area contributed by atoms with Gasteiger partial charge in [-0.2, -0.15) is 0 Å². The molecule has 1 saturated heterocycles. The van der Waals surface area contributed by atoms with E-state index in [1.54, 1.807) is 17.8 Å². The van der Waals surface area contributed by atoms with Crippen molar-refractivity contribution in [3.05, 3.63) is 142 Å². The van der Waals surface area contributed by atoms with Crippen LogP contribution in [0.3, 0.4) is 0 Å². The number of thioether (sulfide) groups is 1. The van der Waals surface area contributed by atoms with Crippen molar-refractivity contribution in [2.24, 2.45) is 0 Å². The van der Waals surface area contributed by atoms with Gasteiger partial charge in [0.05, 0.1) is 28.0 Å². The Morgan fingerprint density at radius 1 is 0.952 bits per heavy atom. The van der Waals surface area contributed by atoms with Gasteiger partial charge in [0.25, 0.3) is 15.7 Å². The Bertz CT molecular complexity index is 2650. The van der Waals surface area contributed by atoms with E-state index in [0.29, 0.717) is 34.6 Å². The van der Waals surface area contributed by atoms with Crippen molar-refractivity contribution in [3.8, 4) is 11.1 Å². The average Bonchev–Trinajstić information content (AvgIpc) is 3.27. The molecule has 6 aromatic rings. The predicted molar refractivity (Wildman–Crippen MR) is 247 cm³/mol. The highest BCUT2D eigenvalue weighted by Gasteiger charge is 2.31. The number of carbonyl (C=O) groups excluding carboxylic acids is 1. The van der Waals surface area contributed by atoms with E-state index >= 15 is 0 Å². The van der Waals surface area contributed by atoms with Crippen LogP contribution in [-0.4, -0.2) is 105 Å². The van der Waals surface area contributed by atoms with E-state index in [-0.39, 0.29) is 23.1 Å². The van der Waals surface area contributed by atoms with E-state index in [1.165, 1.54) is 6.33 Å². The van der Waals surface area contributed by atoms with Gasteiger partial charge in [0.2, 0.25) is 0 Å². The summed E-state index contributed by atoms with van der Waals surface area (Å²) in [4.78, 5) is 41.0. The number of benzene rings is 5. The molecule has 0 spiro atoms. The number of nitro benzene ring substituents is 1. The SMILES string of the molecule is COC(=O)c1cc(S(=O)(=O)Nc2ncnc3cc(N4CCN(Cc5cc(Cl)ccc5-c5ccccc5)CC4)ccc23)cc([N+](=O)[O-])c1NC(CCN(C)C)CSc1ccccc1. The summed E-state index contributed by atoms with van der Waals surface area (Å²) in [7, 11) is 0.437. The standard InChI is InChI=1S/C45H47ClN8O6S2/c1-51(2)19-18-34(29-61-36-12-8-5-9-13-36)49-43-40(45(55)60-3)26-37(27-42(43)54(56)57)62(58,59)50-44-39-17-15-35(25-41(39)47-30-48-44)53-22-20-52(21-23-53)28-32-24-33(46)14-16-38(32)31-10-6-4-7-11-31/h4-17,24-27,30,34,49H,18-23,28-29H2,1-3H3,(H,47,48,50). The van der Waals surface area contributed by atoms with Crippen molar-refractivity contribution >= 4 is 73.1 Å². The number of hydrogen-bond acceptors (Lipinski definition) is 13. The third kappa shape index (κ3) is 10.8. The number of rotatable bonds is 17. The van der Waals surface area contributed by atoms with Crippen LogP contribution < -0.4 is 14.9 Å². The molecule has 0 bridgehead atoms. The van der Waals surface area contributed by atoms with Crippen LogP contribution in [-0.2, 0) is 21.3 Å². The number of fused-ring (bicyclic) bond motifs is 1. The largest absolute Gasteiger partial charge is 0.465 e. The number of esters is 1. The molecule has 0 saturated carbocycles. The van der Waals surface area contributed by atoms with Gasteiger partial charge in [-0.15, -0.1) is 11.8 Å². The Hall–Kier alpha value is -5.78. The maximum atomic E-state index is 14.1. The van der Waals surface area contributed by atoms with Crippen LogP contribution in [0.25, 0.3) is 22.0 Å².